The van der Waals surface area contributed by atoms with Crippen LogP contribution in [0.2, 0.25) is 10.0 Å². The Hall–Kier alpha value is -2.99. The first-order valence-corrected chi connectivity index (χ1v) is 11.5. The van der Waals surface area contributed by atoms with Crippen molar-refractivity contribution in [2.24, 2.45) is 4.99 Å². The first-order valence-electron chi connectivity index (χ1n) is 9.93. The minimum absolute atomic E-state index is 0.158. The molecule has 4 nitrogen and oxygen atoms in total. The molecule has 0 unspecified atom stereocenters. The molecule has 4 aromatic rings. The SMILES string of the molecule is O=C1NC(=Nc2ccc(Cl)cc2)S/C1=C\c1cn(Cc2cccc(Cl)c2)c2ccccc12. The van der Waals surface area contributed by atoms with E-state index >= 15 is 0 Å². The van der Waals surface area contributed by atoms with Crippen LogP contribution in [0.5, 0.6) is 0 Å². The van der Waals surface area contributed by atoms with E-state index in [0.717, 1.165) is 27.7 Å². The van der Waals surface area contributed by atoms with Crippen LogP contribution < -0.4 is 5.32 Å². The van der Waals surface area contributed by atoms with Crippen molar-refractivity contribution < 1.29 is 4.79 Å². The second-order valence-corrected chi connectivity index (χ2v) is 9.22. The lowest BCUT2D eigenvalue weighted by atomic mass is 10.1. The largest absolute Gasteiger partial charge is 0.342 e. The van der Waals surface area contributed by atoms with Crippen molar-refractivity contribution in [2.45, 2.75) is 6.54 Å². The molecule has 1 aliphatic heterocycles. The van der Waals surface area contributed by atoms with E-state index in [0.29, 0.717) is 26.7 Å². The molecule has 1 saturated heterocycles. The van der Waals surface area contributed by atoms with Crippen LogP contribution in [0.25, 0.3) is 17.0 Å². The van der Waals surface area contributed by atoms with Gasteiger partial charge in [0.25, 0.3) is 5.91 Å². The maximum absolute atomic E-state index is 12.6. The van der Waals surface area contributed by atoms with E-state index in [4.69, 9.17) is 23.2 Å². The summed E-state index contributed by atoms with van der Waals surface area (Å²) in [6, 6.07) is 23.2. The van der Waals surface area contributed by atoms with E-state index in [-0.39, 0.29) is 5.91 Å². The highest BCUT2D eigenvalue weighted by Crippen LogP contribution is 2.31. The fourth-order valence-corrected chi connectivity index (χ4v) is 4.78. The van der Waals surface area contributed by atoms with Crippen LogP contribution in [0.1, 0.15) is 11.1 Å². The Morgan fingerprint density at radius 2 is 1.78 bits per heavy atom. The highest BCUT2D eigenvalue weighted by Gasteiger charge is 2.24. The molecule has 158 valence electrons. The third-order valence-corrected chi connectivity index (χ3v) is 6.45. The molecule has 0 atom stereocenters. The highest BCUT2D eigenvalue weighted by molar-refractivity contribution is 8.18. The molecule has 0 aliphatic carbocycles. The molecule has 1 aromatic heterocycles. The Morgan fingerprint density at radius 1 is 0.969 bits per heavy atom. The van der Waals surface area contributed by atoms with E-state index in [9.17, 15) is 4.79 Å². The minimum Gasteiger partial charge on any atom is -0.342 e. The Labute approximate surface area is 199 Å². The number of para-hydroxylation sites is 1. The lowest BCUT2D eigenvalue weighted by Gasteiger charge is -2.05. The monoisotopic (exact) mass is 477 g/mol. The van der Waals surface area contributed by atoms with Crippen molar-refractivity contribution in [3.63, 3.8) is 0 Å². The molecule has 0 radical (unpaired) electrons. The summed E-state index contributed by atoms with van der Waals surface area (Å²) in [5.74, 6) is -0.158. The van der Waals surface area contributed by atoms with Crippen molar-refractivity contribution in [1.82, 2.24) is 9.88 Å². The zero-order chi connectivity index (χ0) is 22.1. The predicted octanol–water partition coefficient (Wildman–Crippen LogP) is 6.89. The Bertz CT molecular complexity index is 1390. The summed E-state index contributed by atoms with van der Waals surface area (Å²) < 4.78 is 2.17. The summed E-state index contributed by atoms with van der Waals surface area (Å²) in [7, 11) is 0. The van der Waals surface area contributed by atoms with Gasteiger partial charge in [0.1, 0.15) is 0 Å². The van der Waals surface area contributed by atoms with Crippen molar-refractivity contribution >= 4 is 68.7 Å². The van der Waals surface area contributed by atoms with Gasteiger partial charge in [-0.3, -0.25) is 4.79 Å². The van der Waals surface area contributed by atoms with E-state index in [1.54, 1.807) is 12.1 Å². The van der Waals surface area contributed by atoms with Crippen LogP contribution in [0.3, 0.4) is 0 Å². The highest BCUT2D eigenvalue weighted by atomic mass is 35.5. The van der Waals surface area contributed by atoms with Gasteiger partial charge in [0, 0.05) is 39.3 Å². The smallest absolute Gasteiger partial charge is 0.264 e. The molecule has 7 heteroatoms. The van der Waals surface area contributed by atoms with Gasteiger partial charge in [0.15, 0.2) is 5.17 Å². The number of hydrogen-bond acceptors (Lipinski definition) is 3. The van der Waals surface area contributed by atoms with Crippen molar-refractivity contribution in [3.8, 4) is 0 Å². The van der Waals surface area contributed by atoms with Crippen molar-refractivity contribution in [3.05, 3.63) is 105 Å². The first-order chi connectivity index (χ1) is 15.5. The van der Waals surface area contributed by atoms with Crippen LogP contribution in [0.15, 0.2) is 88.9 Å². The van der Waals surface area contributed by atoms with Gasteiger partial charge >= 0.3 is 0 Å². The Balaban J connectivity index is 1.47. The summed E-state index contributed by atoms with van der Waals surface area (Å²) in [4.78, 5) is 17.7. The molecule has 0 bridgehead atoms. The van der Waals surface area contributed by atoms with Gasteiger partial charge in [-0.25, -0.2) is 4.99 Å². The third kappa shape index (κ3) is 4.46. The quantitative estimate of drug-likeness (QED) is 0.325. The number of fused-ring (bicyclic) bond motifs is 1. The van der Waals surface area contributed by atoms with Crippen LogP contribution in [-0.2, 0) is 11.3 Å². The van der Waals surface area contributed by atoms with Crippen molar-refractivity contribution in [1.29, 1.82) is 0 Å². The fraction of sp³-hybridized carbons (Fsp3) is 0.0400. The Kier molecular flexibility index (Phi) is 5.79. The molecule has 3 aromatic carbocycles. The number of thioether (sulfide) groups is 1. The van der Waals surface area contributed by atoms with Crippen LogP contribution in [0.4, 0.5) is 5.69 Å². The lowest BCUT2D eigenvalue weighted by Crippen LogP contribution is -2.19. The maximum Gasteiger partial charge on any atom is 0.264 e. The molecule has 0 spiro atoms. The zero-order valence-electron chi connectivity index (χ0n) is 16.8. The van der Waals surface area contributed by atoms with E-state index in [2.05, 4.69) is 39.3 Å². The number of aromatic nitrogens is 1. The van der Waals surface area contributed by atoms with Gasteiger partial charge in [0.05, 0.1) is 10.6 Å². The number of halogens is 2. The standard InChI is InChI=1S/C25H17Cl2N3OS/c26-18-8-10-20(11-9-18)28-25-29-24(31)23(32-25)13-17-15-30(22-7-2-1-6-21(17)22)14-16-4-3-5-19(27)12-16/h1-13,15H,14H2,(H,28,29,31)/b23-13-. The van der Waals surface area contributed by atoms with Gasteiger partial charge in [0.2, 0.25) is 0 Å². The minimum atomic E-state index is -0.158. The first kappa shape index (κ1) is 20.9. The second kappa shape index (κ2) is 8.87. The predicted molar refractivity (Wildman–Crippen MR) is 135 cm³/mol. The third-order valence-electron chi connectivity index (χ3n) is 5.06. The molecule has 5 rings (SSSR count). The van der Waals surface area contributed by atoms with Crippen LogP contribution in [0, 0.1) is 0 Å². The molecule has 2 heterocycles. The number of carbonyl (C=O) groups excluding carboxylic acids is 1. The molecule has 1 fully saturated rings. The molecular weight excluding hydrogens is 461 g/mol. The summed E-state index contributed by atoms with van der Waals surface area (Å²) in [6.07, 6.45) is 3.99. The average Bonchev–Trinajstić information content (AvgIpc) is 3.30. The maximum atomic E-state index is 12.6. The fourth-order valence-electron chi connectivity index (χ4n) is 3.61. The number of benzene rings is 3. The van der Waals surface area contributed by atoms with Crippen molar-refractivity contribution in [2.75, 3.05) is 0 Å². The van der Waals surface area contributed by atoms with Gasteiger partial charge < -0.3 is 9.88 Å². The molecular formula is C25H17Cl2N3OS. The lowest BCUT2D eigenvalue weighted by molar-refractivity contribution is -0.115. The number of rotatable bonds is 4. The number of amidine groups is 1. The summed E-state index contributed by atoms with van der Waals surface area (Å²) in [5, 5.41) is 5.83. The summed E-state index contributed by atoms with van der Waals surface area (Å²) in [5.41, 5.74) is 3.92. The van der Waals surface area contributed by atoms with Gasteiger partial charge in [-0.05, 0) is 65.9 Å². The van der Waals surface area contributed by atoms with Gasteiger partial charge in [-0.15, -0.1) is 0 Å². The number of amides is 1. The topological polar surface area (TPSA) is 46.4 Å². The number of hydrogen-bond donors (Lipinski definition) is 1. The molecule has 32 heavy (non-hydrogen) atoms. The average molecular weight is 478 g/mol. The number of nitrogens with one attached hydrogen (secondary N) is 1. The number of aliphatic imine (C=N–C) groups is 1. The van der Waals surface area contributed by atoms with Gasteiger partial charge in [-0.1, -0.05) is 53.5 Å². The van der Waals surface area contributed by atoms with E-state index in [1.165, 1.54) is 11.8 Å². The van der Waals surface area contributed by atoms with Crippen LogP contribution in [-0.4, -0.2) is 15.6 Å². The van der Waals surface area contributed by atoms with Crippen LogP contribution >= 0.6 is 35.0 Å². The molecule has 1 N–H and O–H groups in total. The second-order valence-electron chi connectivity index (χ2n) is 7.32. The number of nitrogens with zero attached hydrogens (tertiary/aromatic N) is 2. The van der Waals surface area contributed by atoms with Gasteiger partial charge in [-0.2, -0.15) is 0 Å². The molecule has 1 amide bonds. The summed E-state index contributed by atoms with van der Waals surface area (Å²) in [6.45, 7) is 0.687. The van der Waals surface area contributed by atoms with E-state index < -0.39 is 0 Å². The summed E-state index contributed by atoms with van der Waals surface area (Å²) >= 11 is 13.4. The molecule has 0 saturated carbocycles. The Morgan fingerprint density at radius 3 is 2.59 bits per heavy atom. The molecule has 1 aliphatic rings. The normalized spacial score (nSPS) is 16.2. The van der Waals surface area contributed by atoms with E-state index in [1.807, 2.05) is 48.5 Å². The zero-order valence-corrected chi connectivity index (χ0v) is 19.1. The number of carbonyl (C=O) groups is 1.